The Hall–Kier alpha value is -0.800. The predicted molar refractivity (Wildman–Crippen MR) is 51.1 cm³/mol. The Kier molecular flexibility index (Phi) is 3.84. The van der Waals surface area contributed by atoms with E-state index in [9.17, 15) is 0 Å². The van der Waals surface area contributed by atoms with Gasteiger partial charge in [-0.2, -0.15) is 0 Å². The second kappa shape index (κ2) is 4.95. The highest BCUT2D eigenvalue weighted by Gasteiger charge is 2.07. The molecule has 1 rings (SSSR count). The lowest BCUT2D eigenvalue weighted by Crippen LogP contribution is -2.29. The molecule has 0 spiro atoms. The van der Waals surface area contributed by atoms with Crippen molar-refractivity contribution in [2.45, 2.75) is 13.0 Å². The fourth-order valence-electron chi connectivity index (χ4n) is 1.22. The Morgan fingerprint density at radius 1 is 1.58 bits per heavy atom. The molecule has 0 aliphatic rings. The Morgan fingerprint density at radius 2 is 2.42 bits per heavy atom. The molecule has 1 atom stereocenters. The van der Waals surface area contributed by atoms with Gasteiger partial charge in [0.1, 0.15) is 0 Å². The highest BCUT2D eigenvalue weighted by atomic mass is 15.0. The molecule has 0 aliphatic heterocycles. The number of nitrogens with one attached hydrogen (secondary N) is 3. The van der Waals surface area contributed by atoms with Crippen molar-refractivity contribution < 1.29 is 0 Å². The first-order chi connectivity index (χ1) is 5.88. The van der Waals surface area contributed by atoms with Crippen LogP contribution in [-0.2, 0) is 0 Å². The summed E-state index contributed by atoms with van der Waals surface area (Å²) in [5, 5.41) is 6.55. The molecule has 0 aliphatic carbocycles. The van der Waals surface area contributed by atoms with E-state index in [1.807, 2.05) is 19.3 Å². The normalized spacial score (nSPS) is 13.2. The van der Waals surface area contributed by atoms with E-state index in [0.717, 1.165) is 13.1 Å². The summed E-state index contributed by atoms with van der Waals surface area (Å²) in [7, 11) is 1.98. The Bertz CT molecular complexity index is 194. The van der Waals surface area contributed by atoms with Crippen molar-refractivity contribution in [2.75, 3.05) is 20.1 Å². The average molecular weight is 167 g/mol. The van der Waals surface area contributed by atoms with Crippen LogP contribution in [0.25, 0.3) is 0 Å². The van der Waals surface area contributed by atoms with Gasteiger partial charge in [-0.1, -0.05) is 6.92 Å². The largest absolute Gasteiger partial charge is 0.364 e. The third kappa shape index (κ3) is 2.36. The van der Waals surface area contributed by atoms with E-state index in [0.29, 0.717) is 6.04 Å². The molecular formula is C9H17N3. The topological polar surface area (TPSA) is 39.8 Å². The minimum absolute atomic E-state index is 0.389. The van der Waals surface area contributed by atoms with Gasteiger partial charge in [-0.05, 0) is 25.7 Å². The smallest absolute Gasteiger partial charge is 0.0596 e. The number of H-pyrrole nitrogens is 1. The average Bonchev–Trinajstić information content (AvgIpc) is 2.59. The van der Waals surface area contributed by atoms with E-state index in [2.05, 4.69) is 28.6 Å². The predicted octanol–water partition coefficient (Wildman–Crippen LogP) is 0.885. The first kappa shape index (κ1) is 9.29. The van der Waals surface area contributed by atoms with Gasteiger partial charge in [0, 0.05) is 18.4 Å². The van der Waals surface area contributed by atoms with Crippen LogP contribution in [0.3, 0.4) is 0 Å². The first-order valence-corrected chi connectivity index (χ1v) is 4.39. The molecular weight excluding hydrogens is 150 g/mol. The summed E-state index contributed by atoms with van der Waals surface area (Å²) < 4.78 is 0. The van der Waals surface area contributed by atoms with E-state index < -0.39 is 0 Å². The monoisotopic (exact) mass is 167 g/mol. The van der Waals surface area contributed by atoms with Crippen molar-refractivity contribution in [1.82, 2.24) is 15.6 Å². The molecule has 0 saturated heterocycles. The summed E-state index contributed by atoms with van der Waals surface area (Å²) >= 11 is 0. The SMILES string of the molecule is CCNCC(NC)c1ccc[nH]1. The summed E-state index contributed by atoms with van der Waals surface area (Å²) in [5.74, 6) is 0. The second-order valence-electron chi connectivity index (χ2n) is 2.77. The zero-order valence-corrected chi connectivity index (χ0v) is 7.72. The molecule has 0 aromatic carbocycles. The van der Waals surface area contributed by atoms with Crippen molar-refractivity contribution in [3.05, 3.63) is 24.0 Å². The molecule has 0 radical (unpaired) electrons. The summed E-state index contributed by atoms with van der Waals surface area (Å²) in [5.41, 5.74) is 1.23. The standard InChI is InChI=1S/C9H17N3/c1-3-11-7-9(10-2)8-5-4-6-12-8/h4-6,9-12H,3,7H2,1-2H3. The molecule has 12 heavy (non-hydrogen) atoms. The number of aromatic nitrogens is 1. The van der Waals surface area contributed by atoms with Gasteiger partial charge in [0.2, 0.25) is 0 Å². The van der Waals surface area contributed by atoms with Crippen molar-refractivity contribution >= 4 is 0 Å². The fourth-order valence-corrected chi connectivity index (χ4v) is 1.22. The number of likely N-dealkylation sites (N-methyl/N-ethyl adjacent to an activating group) is 2. The van der Waals surface area contributed by atoms with Crippen LogP contribution in [0.1, 0.15) is 18.7 Å². The Balaban J connectivity index is 2.45. The van der Waals surface area contributed by atoms with Crippen molar-refractivity contribution in [1.29, 1.82) is 0 Å². The van der Waals surface area contributed by atoms with Gasteiger partial charge in [-0.25, -0.2) is 0 Å². The van der Waals surface area contributed by atoms with Crippen LogP contribution in [0.15, 0.2) is 18.3 Å². The van der Waals surface area contributed by atoms with Crippen LogP contribution in [0.2, 0.25) is 0 Å². The van der Waals surface area contributed by atoms with Gasteiger partial charge in [0.15, 0.2) is 0 Å². The third-order valence-electron chi connectivity index (χ3n) is 1.94. The maximum atomic E-state index is 3.31. The van der Waals surface area contributed by atoms with Gasteiger partial charge in [-0.3, -0.25) is 0 Å². The number of rotatable bonds is 5. The molecule has 3 heteroatoms. The molecule has 1 unspecified atom stereocenters. The van der Waals surface area contributed by atoms with Crippen LogP contribution in [0.5, 0.6) is 0 Å². The highest BCUT2D eigenvalue weighted by Crippen LogP contribution is 2.07. The second-order valence-corrected chi connectivity index (χ2v) is 2.77. The molecule has 0 amide bonds. The maximum Gasteiger partial charge on any atom is 0.0596 e. The van der Waals surface area contributed by atoms with E-state index in [1.165, 1.54) is 5.69 Å². The summed E-state index contributed by atoms with van der Waals surface area (Å²) in [6, 6.07) is 4.50. The minimum Gasteiger partial charge on any atom is -0.364 e. The summed E-state index contributed by atoms with van der Waals surface area (Å²) in [6.07, 6.45) is 1.95. The lowest BCUT2D eigenvalue weighted by molar-refractivity contribution is 0.529. The van der Waals surface area contributed by atoms with Crippen LogP contribution >= 0.6 is 0 Å². The zero-order valence-electron chi connectivity index (χ0n) is 7.72. The van der Waals surface area contributed by atoms with Crippen LogP contribution in [-0.4, -0.2) is 25.1 Å². The molecule has 1 aromatic heterocycles. The van der Waals surface area contributed by atoms with Crippen LogP contribution in [0.4, 0.5) is 0 Å². The van der Waals surface area contributed by atoms with Gasteiger partial charge in [0.25, 0.3) is 0 Å². The molecule has 1 aromatic rings. The van der Waals surface area contributed by atoms with E-state index in [1.54, 1.807) is 0 Å². The molecule has 0 bridgehead atoms. The Morgan fingerprint density at radius 3 is 2.92 bits per heavy atom. The fraction of sp³-hybridized carbons (Fsp3) is 0.556. The van der Waals surface area contributed by atoms with Crippen molar-refractivity contribution in [3.8, 4) is 0 Å². The van der Waals surface area contributed by atoms with E-state index in [4.69, 9.17) is 0 Å². The first-order valence-electron chi connectivity index (χ1n) is 4.39. The molecule has 0 saturated carbocycles. The summed E-state index contributed by atoms with van der Waals surface area (Å²) in [6.45, 7) is 4.09. The molecule has 3 nitrogen and oxygen atoms in total. The lowest BCUT2D eigenvalue weighted by Gasteiger charge is -2.14. The Labute approximate surface area is 73.6 Å². The molecule has 68 valence electrons. The van der Waals surface area contributed by atoms with Crippen molar-refractivity contribution in [3.63, 3.8) is 0 Å². The van der Waals surface area contributed by atoms with Gasteiger partial charge in [0.05, 0.1) is 6.04 Å². The van der Waals surface area contributed by atoms with Gasteiger partial charge >= 0.3 is 0 Å². The lowest BCUT2D eigenvalue weighted by atomic mass is 10.2. The maximum absolute atomic E-state index is 3.31. The number of hydrogen-bond acceptors (Lipinski definition) is 2. The van der Waals surface area contributed by atoms with Crippen LogP contribution < -0.4 is 10.6 Å². The third-order valence-corrected chi connectivity index (χ3v) is 1.94. The minimum atomic E-state index is 0.389. The molecule has 1 heterocycles. The quantitative estimate of drug-likeness (QED) is 0.609. The molecule has 0 fully saturated rings. The van der Waals surface area contributed by atoms with Gasteiger partial charge in [-0.15, -0.1) is 0 Å². The molecule has 3 N–H and O–H groups in total. The van der Waals surface area contributed by atoms with Gasteiger partial charge < -0.3 is 15.6 Å². The summed E-state index contributed by atoms with van der Waals surface area (Å²) in [4.78, 5) is 3.19. The van der Waals surface area contributed by atoms with E-state index in [-0.39, 0.29) is 0 Å². The van der Waals surface area contributed by atoms with Crippen molar-refractivity contribution in [2.24, 2.45) is 0 Å². The van der Waals surface area contributed by atoms with E-state index >= 15 is 0 Å². The number of aromatic amines is 1. The zero-order chi connectivity index (χ0) is 8.81. The number of hydrogen-bond donors (Lipinski definition) is 3. The highest BCUT2D eigenvalue weighted by molar-refractivity contribution is 5.09. The van der Waals surface area contributed by atoms with Crippen LogP contribution in [0, 0.1) is 0 Å².